The second kappa shape index (κ2) is 6.24. The smallest absolute Gasteiger partial charge is 0.296 e. The summed E-state index contributed by atoms with van der Waals surface area (Å²) < 4.78 is 7.43. The van der Waals surface area contributed by atoms with E-state index >= 15 is 0 Å². The zero-order valence-electron chi connectivity index (χ0n) is 8.78. The Kier molecular flexibility index (Phi) is 4.83. The summed E-state index contributed by atoms with van der Waals surface area (Å²) >= 11 is 0. The van der Waals surface area contributed by atoms with Gasteiger partial charge in [-0.1, -0.05) is 32.4 Å². The number of nitrogens with zero attached hydrogens (tertiary/aromatic N) is 2. The number of aromatic nitrogens is 2. The number of hydrogen-bond acceptors (Lipinski definition) is 2. The lowest BCUT2D eigenvalue weighted by molar-refractivity contribution is 0.313. The summed E-state index contributed by atoms with van der Waals surface area (Å²) in [4.78, 5) is 4.13. The minimum atomic E-state index is 0.519. The molecule has 0 fully saturated rings. The molecule has 3 nitrogen and oxygen atoms in total. The molecule has 0 aliphatic heterocycles. The summed E-state index contributed by atoms with van der Waals surface area (Å²) in [6.45, 7) is 7.31. The molecule has 0 amide bonds. The first-order chi connectivity index (χ1) is 6.88. The zero-order chi connectivity index (χ0) is 10.2. The highest BCUT2D eigenvalue weighted by molar-refractivity contribution is 4.98. The van der Waals surface area contributed by atoms with Crippen molar-refractivity contribution in [1.82, 2.24) is 9.55 Å². The maximum absolute atomic E-state index is 5.39. The maximum atomic E-state index is 5.39. The number of imidazole rings is 1. The van der Waals surface area contributed by atoms with Gasteiger partial charge >= 0.3 is 0 Å². The topological polar surface area (TPSA) is 27.1 Å². The molecule has 0 saturated heterocycles. The summed E-state index contributed by atoms with van der Waals surface area (Å²) in [5, 5.41) is 0. The lowest BCUT2D eigenvalue weighted by Crippen LogP contribution is -2.03. The second-order valence-corrected chi connectivity index (χ2v) is 3.21. The Morgan fingerprint density at radius 3 is 3.14 bits per heavy atom. The number of unbranched alkanes of at least 4 members (excludes halogenated alkanes) is 2. The van der Waals surface area contributed by atoms with Crippen molar-refractivity contribution in [3.8, 4) is 6.01 Å². The third-order valence-corrected chi connectivity index (χ3v) is 2.01. The summed E-state index contributed by atoms with van der Waals surface area (Å²) in [7, 11) is 0. The molecule has 1 heterocycles. The van der Waals surface area contributed by atoms with Gasteiger partial charge in [0, 0.05) is 18.9 Å². The Bertz CT molecular complexity index is 268. The SMILES string of the molecule is C=CCOc1nccn1CCCCC. The average Bonchev–Trinajstić information content (AvgIpc) is 2.63. The van der Waals surface area contributed by atoms with Gasteiger partial charge in [0.25, 0.3) is 6.01 Å². The number of aryl methyl sites for hydroxylation is 1. The second-order valence-electron chi connectivity index (χ2n) is 3.21. The van der Waals surface area contributed by atoms with Crippen LogP contribution < -0.4 is 4.74 Å². The van der Waals surface area contributed by atoms with Crippen LogP contribution in [0.15, 0.2) is 25.0 Å². The largest absolute Gasteiger partial charge is 0.460 e. The molecule has 0 radical (unpaired) electrons. The molecule has 14 heavy (non-hydrogen) atoms. The fourth-order valence-electron chi connectivity index (χ4n) is 1.27. The first-order valence-electron chi connectivity index (χ1n) is 5.13. The van der Waals surface area contributed by atoms with E-state index in [0.717, 1.165) is 6.54 Å². The van der Waals surface area contributed by atoms with Gasteiger partial charge in [-0.05, 0) is 6.42 Å². The molecule has 3 heteroatoms. The highest BCUT2D eigenvalue weighted by Gasteiger charge is 2.01. The Labute approximate surface area is 85.4 Å². The van der Waals surface area contributed by atoms with E-state index in [9.17, 15) is 0 Å². The first-order valence-corrected chi connectivity index (χ1v) is 5.13. The number of rotatable bonds is 7. The van der Waals surface area contributed by atoms with E-state index in [4.69, 9.17) is 4.74 Å². The van der Waals surface area contributed by atoms with Crippen molar-refractivity contribution in [2.45, 2.75) is 32.7 Å². The third kappa shape index (κ3) is 3.24. The average molecular weight is 194 g/mol. The van der Waals surface area contributed by atoms with Crippen LogP contribution in [-0.4, -0.2) is 16.2 Å². The molecule has 0 saturated carbocycles. The molecular formula is C11H18N2O. The van der Waals surface area contributed by atoms with Gasteiger partial charge in [-0.2, -0.15) is 0 Å². The van der Waals surface area contributed by atoms with Crippen LogP contribution in [0.25, 0.3) is 0 Å². The fraction of sp³-hybridized carbons (Fsp3) is 0.545. The molecule has 0 aliphatic rings. The maximum Gasteiger partial charge on any atom is 0.296 e. The Balaban J connectivity index is 2.40. The molecule has 0 spiro atoms. The third-order valence-electron chi connectivity index (χ3n) is 2.01. The van der Waals surface area contributed by atoms with Crippen LogP contribution in [0.2, 0.25) is 0 Å². The van der Waals surface area contributed by atoms with Crippen LogP contribution in [0.3, 0.4) is 0 Å². The number of hydrogen-bond donors (Lipinski definition) is 0. The van der Waals surface area contributed by atoms with Gasteiger partial charge in [0.1, 0.15) is 6.61 Å². The molecule has 78 valence electrons. The van der Waals surface area contributed by atoms with Crippen molar-refractivity contribution < 1.29 is 4.74 Å². The van der Waals surface area contributed by atoms with E-state index in [1.807, 2.05) is 10.8 Å². The quantitative estimate of drug-likeness (QED) is 0.493. The standard InChI is InChI=1S/C11H18N2O/c1-3-5-6-8-13-9-7-12-11(13)14-10-4-2/h4,7,9H,2-3,5-6,8,10H2,1H3. The Hall–Kier alpha value is -1.25. The van der Waals surface area contributed by atoms with Crippen molar-refractivity contribution in [2.24, 2.45) is 0 Å². The molecule has 0 atom stereocenters. The van der Waals surface area contributed by atoms with Gasteiger partial charge in [-0.15, -0.1) is 0 Å². The Morgan fingerprint density at radius 1 is 1.57 bits per heavy atom. The van der Waals surface area contributed by atoms with E-state index in [1.54, 1.807) is 12.3 Å². The minimum absolute atomic E-state index is 0.519. The van der Waals surface area contributed by atoms with Crippen LogP contribution in [0.5, 0.6) is 6.01 Å². The molecule has 0 aromatic carbocycles. The molecule has 0 N–H and O–H groups in total. The van der Waals surface area contributed by atoms with E-state index in [-0.39, 0.29) is 0 Å². The summed E-state index contributed by atoms with van der Waals surface area (Å²) in [5.41, 5.74) is 0. The van der Waals surface area contributed by atoms with E-state index in [2.05, 4.69) is 18.5 Å². The zero-order valence-corrected chi connectivity index (χ0v) is 8.78. The van der Waals surface area contributed by atoms with Gasteiger partial charge in [-0.3, -0.25) is 0 Å². The van der Waals surface area contributed by atoms with Crippen molar-refractivity contribution in [3.63, 3.8) is 0 Å². The van der Waals surface area contributed by atoms with E-state index in [0.29, 0.717) is 12.6 Å². The summed E-state index contributed by atoms with van der Waals surface area (Å²) in [6.07, 6.45) is 9.11. The molecule has 0 bridgehead atoms. The van der Waals surface area contributed by atoms with Gasteiger partial charge in [0.2, 0.25) is 0 Å². The highest BCUT2D eigenvalue weighted by atomic mass is 16.5. The van der Waals surface area contributed by atoms with Crippen molar-refractivity contribution >= 4 is 0 Å². The van der Waals surface area contributed by atoms with Crippen molar-refractivity contribution in [2.75, 3.05) is 6.61 Å². The minimum Gasteiger partial charge on any atom is -0.460 e. The van der Waals surface area contributed by atoms with Gasteiger partial charge in [-0.25, -0.2) is 4.98 Å². The van der Waals surface area contributed by atoms with Gasteiger partial charge < -0.3 is 9.30 Å². The van der Waals surface area contributed by atoms with Crippen LogP contribution in [0.4, 0.5) is 0 Å². The van der Waals surface area contributed by atoms with Gasteiger partial charge in [0.05, 0.1) is 0 Å². The molecule has 1 aromatic rings. The van der Waals surface area contributed by atoms with Gasteiger partial charge in [0.15, 0.2) is 0 Å². The van der Waals surface area contributed by atoms with E-state index in [1.165, 1.54) is 19.3 Å². The normalized spacial score (nSPS) is 10.1. The fourth-order valence-corrected chi connectivity index (χ4v) is 1.27. The molecular weight excluding hydrogens is 176 g/mol. The molecule has 0 aliphatic carbocycles. The molecule has 1 rings (SSSR count). The first kappa shape index (κ1) is 10.8. The van der Waals surface area contributed by atoms with Crippen LogP contribution in [-0.2, 0) is 6.54 Å². The van der Waals surface area contributed by atoms with Crippen molar-refractivity contribution in [3.05, 3.63) is 25.0 Å². The van der Waals surface area contributed by atoms with Crippen molar-refractivity contribution in [1.29, 1.82) is 0 Å². The van der Waals surface area contributed by atoms with Crippen LogP contribution in [0, 0.1) is 0 Å². The lowest BCUT2D eigenvalue weighted by atomic mass is 10.2. The molecule has 0 unspecified atom stereocenters. The summed E-state index contributed by atoms with van der Waals surface area (Å²) in [5.74, 6) is 0. The predicted molar refractivity (Wildman–Crippen MR) is 57.4 cm³/mol. The number of ether oxygens (including phenoxy) is 1. The van der Waals surface area contributed by atoms with Crippen LogP contribution in [0.1, 0.15) is 26.2 Å². The lowest BCUT2D eigenvalue weighted by Gasteiger charge is -2.06. The Morgan fingerprint density at radius 2 is 2.43 bits per heavy atom. The highest BCUT2D eigenvalue weighted by Crippen LogP contribution is 2.09. The summed E-state index contributed by atoms with van der Waals surface area (Å²) in [6, 6.07) is 0.695. The monoisotopic (exact) mass is 194 g/mol. The van der Waals surface area contributed by atoms with E-state index < -0.39 is 0 Å². The molecule has 1 aromatic heterocycles. The van der Waals surface area contributed by atoms with Crippen LogP contribution >= 0.6 is 0 Å². The predicted octanol–water partition coefficient (Wildman–Crippen LogP) is 2.64.